The smallest absolute Gasteiger partial charge is 0.384 e. The van der Waals surface area contributed by atoms with Gasteiger partial charge in [0, 0.05) is 39.9 Å². The van der Waals surface area contributed by atoms with Crippen LogP contribution in [0.15, 0.2) is 0 Å². The van der Waals surface area contributed by atoms with Crippen LogP contribution in [0.25, 0.3) is 0 Å². The lowest BCUT2D eigenvalue weighted by atomic mass is 10.2. The number of piperazine rings is 1. The van der Waals surface area contributed by atoms with E-state index in [-0.39, 0.29) is 0 Å². The van der Waals surface area contributed by atoms with Gasteiger partial charge in [-0.15, -0.1) is 0 Å². The van der Waals surface area contributed by atoms with E-state index in [1.54, 1.807) is 14.2 Å². The molecule has 0 aromatic carbocycles. The molecule has 0 bridgehead atoms. The minimum Gasteiger partial charge on any atom is -0.397 e. The summed E-state index contributed by atoms with van der Waals surface area (Å²) in [6.07, 6.45) is 1.18. The first kappa shape index (κ1) is 13.1. The van der Waals surface area contributed by atoms with Crippen molar-refractivity contribution in [3.8, 4) is 0 Å². The highest BCUT2D eigenvalue weighted by Crippen LogP contribution is 2.06. The van der Waals surface area contributed by atoms with Crippen molar-refractivity contribution in [2.45, 2.75) is 25.4 Å². The summed E-state index contributed by atoms with van der Waals surface area (Å²) in [5, 5.41) is 3.40. The Kier molecular flexibility index (Phi) is 6.43. The van der Waals surface area contributed by atoms with Crippen LogP contribution in [0.5, 0.6) is 0 Å². The van der Waals surface area contributed by atoms with Gasteiger partial charge in [-0.25, -0.2) is 0 Å². The molecule has 0 aliphatic carbocycles. The van der Waals surface area contributed by atoms with Crippen molar-refractivity contribution in [3.63, 3.8) is 0 Å². The van der Waals surface area contributed by atoms with Gasteiger partial charge in [-0.05, 0) is 25.9 Å². The molecule has 1 heterocycles. The lowest BCUT2D eigenvalue weighted by Crippen LogP contribution is -2.50. The molecule has 1 aliphatic heterocycles. The van der Waals surface area contributed by atoms with E-state index in [1.807, 2.05) is 0 Å². The molecule has 0 spiro atoms. The Morgan fingerprint density at radius 1 is 1.40 bits per heavy atom. The maximum Gasteiger partial charge on any atom is 0.384 e. The van der Waals surface area contributed by atoms with Gasteiger partial charge >= 0.3 is 9.28 Å². The maximum atomic E-state index is 5.26. The fraction of sp³-hybridized carbons (Fsp3) is 1.00. The molecular weight excluding hydrogens is 208 g/mol. The van der Waals surface area contributed by atoms with Crippen LogP contribution < -0.4 is 5.32 Å². The van der Waals surface area contributed by atoms with Crippen molar-refractivity contribution in [1.29, 1.82) is 0 Å². The summed E-state index contributed by atoms with van der Waals surface area (Å²) >= 11 is 0. The lowest BCUT2D eigenvalue weighted by molar-refractivity contribution is 0.172. The van der Waals surface area contributed by atoms with E-state index in [1.165, 1.54) is 19.5 Å². The monoisotopic (exact) mass is 231 g/mol. The van der Waals surface area contributed by atoms with Crippen LogP contribution in [0.2, 0.25) is 6.04 Å². The highest BCUT2D eigenvalue weighted by molar-refractivity contribution is 6.44. The summed E-state index contributed by atoms with van der Waals surface area (Å²) in [5.74, 6) is 0. The van der Waals surface area contributed by atoms with Crippen LogP contribution in [0.4, 0.5) is 0 Å². The van der Waals surface area contributed by atoms with Gasteiger partial charge in [0.2, 0.25) is 0 Å². The van der Waals surface area contributed by atoms with Gasteiger partial charge in [-0.3, -0.25) is 4.90 Å². The zero-order valence-corrected chi connectivity index (χ0v) is 11.1. The Labute approximate surface area is 94.8 Å². The molecular formula is C10H23N2O2Si. The van der Waals surface area contributed by atoms with Crippen molar-refractivity contribution in [3.05, 3.63) is 0 Å². The van der Waals surface area contributed by atoms with Crippen LogP contribution in [0, 0.1) is 0 Å². The molecule has 1 rings (SSSR count). The minimum atomic E-state index is -0.983. The quantitative estimate of drug-likeness (QED) is 0.673. The van der Waals surface area contributed by atoms with Crippen molar-refractivity contribution >= 4 is 9.28 Å². The van der Waals surface area contributed by atoms with E-state index in [4.69, 9.17) is 8.85 Å². The molecule has 1 atom stereocenters. The Morgan fingerprint density at radius 3 is 2.73 bits per heavy atom. The highest BCUT2D eigenvalue weighted by Gasteiger charge is 2.18. The van der Waals surface area contributed by atoms with Gasteiger partial charge in [0.05, 0.1) is 0 Å². The number of hydrogen-bond donors (Lipinski definition) is 1. The van der Waals surface area contributed by atoms with Gasteiger partial charge in [0.15, 0.2) is 0 Å². The van der Waals surface area contributed by atoms with Crippen LogP contribution >= 0.6 is 0 Å². The fourth-order valence-corrected chi connectivity index (χ4v) is 2.95. The van der Waals surface area contributed by atoms with Crippen molar-refractivity contribution in [2.24, 2.45) is 0 Å². The molecule has 1 N–H and O–H groups in total. The maximum absolute atomic E-state index is 5.26. The van der Waals surface area contributed by atoms with Crippen LogP contribution in [-0.4, -0.2) is 60.6 Å². The van der Waals surface area contributed by atoms with E-state index in [0.29, 0.717) is 6.04 Å². The zero-order valence-electron chi connectivity index (χ0n) is 10.1. The molecule has 0 saturated carbocycles. The summed E-state index contributed by atoms with van der Waals surface area (Å²) in [4.78, 5) is 2.54. The van der Waals surface area contributed by atoms with E-state index in [2.05, 4.69) is 17.1 Å². The highest BCUT2D eigenvalue weighted by atomic mass is 28.3. The summed E-state index contributed by atoms with van der Waals surface area (Å²) in [5.41, 5.74) is 0. The summed E-state index contributed by atoms with van der Waals surface area (Å²) in [6, 6.07) is 1.74. The van der Waals surface area contributed by atoms with Gasteiger partial charge in [-0.2, -0.15) is 0 Å². The Hall–Kier alpha value is 0.0569. The predicted octanol–water partition coefficient (Wildman–Crippen LogP) is 0.451. The molecule has 4 nitrogen and oxygen atoms in total. The third-order valence-electron chi connectivity index (χ3n) is 2.92. The third-order valence-corrected chi connectivity index (χ3v) is 4.59. The lowest BCUT2D eigenvalue weighted by Gasteiger charge is -2.33. The van der Waals surface area contributed by atoms with Crippen molar-refractivity contribution in [1.82, 2.24) is 10.2 Å². The molecule has 1 fully saturated rings. The standard InChI is InChI=1S/C10H23N2O2Si/c1-10-9-11-5-7-12(10)6-4-8-15(13-2)14-3/h10-11H,4-9H2,1-3H3. The number of hydrogen-bond acceptors (Lipinski definition) is 4. The van der Waals surface area contributed by atoms with E-state index in [9.17, 15) is 0 Å². The van der Waals surface area contributed by atoms with E-state index < -0.39 is 9.28 Å². The second kappa shape index (κ2) is 7.35. The molecule has 5 heteroatoms. The molecule has 0 aromatic rings. The van der Waals surface area contributed by atoms with Crippen LogP contribution in [0.1, 0.15) is 13.3 Å². The molecule has 1 saturated heterocycles. The minimum absolute atomic E-state index is 0.666. The summed E-state index contributed by atoms with van der Waals surface area (Å²) in [7, 11) is 2.50. The normalized spacial score (nSPS) is 23.6. The van der Waals surface area contributed by atoms with Crippen molar-refractivity contribution < 1.29 is 8.85 Å². The topological polar surface area (TPSA) is 33.7 Å². The van der Waals surface area contributed by atoms with Crippen LogP contribution in [0.3, 0.4) is 0 Å². The number of rotatable bonds is 6. The van der Waals surface area contributed by atoms with Gasteiger partial charge < -0.3 is 14.2 Å². The first-order chi connectivity index (χ1) is 7.27. The molecule has 0 aromatic heterocycles. The molecule has 1 aliphatic rings. The second-order valence-electron chi connectivity index (χ2n) is 3.97. The van der Waals surface area contributed by atoms with Gasteiger partial charge in [-0.1, -0.05) is 0 Å². The van der Waals surface area contributed by atoms with Crippen molar-refractivity contribution in [2.75, 3.05) is 40.4 Å². The Morgan fingerprint density at radius 2 is 2.13 bits per heavy atom. The fourth-order valence-electron chi connectivity index (χ4n) is 1.93. The average Bonchev–Trinajstić information content (AvgIpc) is 2.27. The molecule has 15 heavy (non-hydrogen) atoms. The van der Waals surface area contributed by atoms with E-state index >= 15 is 0 Å². The van der Waals surface area contributed by atoms with Gasteiger partial charge in [0.1, 0.15) is 0 Å². The van der Waals surface area contributed by atoms with E-state index in [0.717, 1.165) is 19.1 Å². The third kappa shape index (κ3) is 4.61. The predicted molar refractivity (Wildman–Crippen MR) is 63.1 cm³/mol. The molecule has 1 unspecified atom stereocenters. The summed E-state index contributed by atoms with van der Waals surface area (Å²) < 4.78 is 10.5. The number of nitrogens with one attached hydrogen (secondary N) is 1. The first-order valence-corrected chi connectivity index (χ1v) is 7.19. The Balaban J connectivity index is 2.12. The largest absolute Gasteiger partial charge is 0.397 e. The number of nitrogens with zero attached hydrogens (tertiary/aromatic N) is 1. The second-order valence-corrected chi connectivity index (χ2v) is 6.03. The molecule has 0 amide bonds. The average molecular weight is 231 g/mol. The summed E-state index contributed by atoms with van der Waals surface area (Å²) in [6.45, 7) is 6.86. The SMILES string of the molecule is CO[Si](CCCN1CCNCC1C)OC. The van der Waals surface area contributed by atoms with Gasteiger partial charge in [0.25, 0.3) is 0 Å². The Bertz CT molecular complexity index is 168. The van der Waals surface area contributed by atoms with Crippen LogP contribution in [-0.2, 0) is 8.85 Å². The molecule has 89 valence electrons. The zero-order chi connectivity index (χ0) is 11.1. The first-order valence-electron chi connectivity index (χ1n) is 5.66. The molecule has 1 radical (unpaired) electrons.